The van der Waals surface area contributed by atoms with Crippen molar-refractivity contribution in [3.63, 3.8) is 0 Å². The zero-order valence-corrected chi connectivity index (χ0v) is 26.4. The minimum absolute atomic E-state index is 0.00142. The van der Waals surface area contributed by atoms with Crippen LogP contribution in [0.4, 0.5) is 0 Å². The predicted molar refractivity (Wildman–Crippen MR) is 160 cm³/mol. The number of aliphatic carboxylic acids is 1. The van der Waals surface area contributed by atoms with Crippen LogP contribution in [-0.2, 0) is 23.7 Å². The first-order valence-corrected chi connectivity index (χ1v) is 14.8. The van der Waals surface area contributed by atoms with Crippen molar-refractivity contribution >= 4 is 36.7 Å². The number of carboxylic acids is 1. The molecule has 2 saturated heterocycles. The quantitative estimate of drug-likeness (QED) is 0.281. The molecule has 0 spiro atoms. The minimum Gasteiger partial charge on any atom is -0.480 e. The van der Waals surface area contributed by atoms with Crippen LogP contribution in [0.25, 0.3) is 0 Å². The largest absolute Gasteiger partial charge is 0.482 e. The lowest BCUT2D eigenvalue weighted by Crippen LogP contribution is -2.58. The summed E-state index contributed by atoms with van der Waals surface area (Å²) in [6.07, 6.45) is 1.15. The molecule has 236 valence electrons. The molecule has 3 atom stereocenters. The number of nitrogens with zero attached hydrogens (tertiary/aromatic N) is 1. The molecular weight excluding hydrogens is 555 g/mol. The van der Waals surface area contributed by atoms with E-state index < -0.39 is 60.7 Å². The standard InChI is InChI=1S/C30H45BN4O8/c1-17(2)23(33-26(39)20-13-11-19(12-14-20)25(38)32-16-22(36)37)28(41)35-15-9-10-21(35)27(40)34-24(18(3)4)31-42-29(5,6)30(7,8)43-31/h11-14,17-18,21,23-24H,9-10,15-16H2,1-8H3,(H,32,38)(H,33,39)(H,34,40)(H,36,37)/t21-,23?,24?/m0/s1. The number of nitrogens with one attached hydrogen (secondary N) is 3. The summed E-state index contributed by atoms with van der Waals surface area (Å²) in [7, 11) is -0.642. The first-order valence-electron chi connectivity index (χ1n) is 14.8. The van der Waals surface area contributed by atoms with Gasteiger partial charge in [-0.1, -0.05) is 27.7 Å². The smallest absolute Gasteiger partial charge is 0.480 e. The third-order valence-corrected chi connectivity index (χ3v) is 8.46. The first kappa shape index (κ1) is 34.0. The van der Waals surface area contributed by atoms with E-state index in [1.807, 2.05) is 55.4 Å². The summed E-state index contributed by atoms with van der Waals surface area (Å²) < 4.78 is 12.4. The van der Waals surface area contributed by atoms with E-state index in [0.29, 0.717) is 19.4 Å². The van der Waals surface area contributed by atoms with E-state index in [2.05, 4.69) is 16.0 Å². The zero-order valence-electron chi connectivity index (χ0n) is 26.4. The molecular formula is C30H45BN4O8. The number of hydrogen-bond acceptors (Lipinski definition) is 7. The average molecular weight is 601 g/mol. The Balaban J connectivity index is 1.69. The second-order valence-corrected chi connectivity index (χ2v) is 12.9. The topological polar surface area (TPSA) is 163 Å². The van der Waals surface area contributed by atoms with Crippen molar-refractivity contribution < 1.29 is 38.4 Å². The lowest BCUT2D eigenvalue weighted by atomic mass is 9.72. The van der Waals surface area contributed by atoms with E-state index in [0.717, 1.165) is 0 Å². The Kier molecular flexibility index (Phi) is 10.7. The van der Waals surface area contributed by atoms with Crippen LogP contribution in [0.3, 0.4) is 0 Å². The highest BCUT2D eigenvalue weighted by atomic mass is 16.7. The van der Waals surface area contributed by atoms with Crippen LogP contribution >= 0.6 is 0 Å². The maximum atomic E-state index is 13.8. The van der Waals surface area contributed by atoms with Gasteiger partial charge in [0.1, 0.15) is 18.6 Å². The highest BCUT2D eigenvalue weighted by molar-refractivity contribution is 6.48. The molecule has 43 heavy (non-hydrogen) atoms. The van der Waals surface area contributed by atoms with Crippen molar-refractivity contribution in [1.82, 2.24) is 20.9 Å². The molecule has 0 saturated carbocycles. The molecule has 4 amide bonds. The number of carboxylic acid groups (broad SMARTS) is 1. The maximum Gasteiger partial charge on any atom is 0.482 e. The summed E-state index contributed by atoms with van der Waals surface area (Å²) >= 11 is 0. The second-order valence-electron chi connectivity index (χ2n) is 12.9. The molecule has 2 aliphatic rings. The SMILES string of the molecule is CC(C)C(NC(=O)[C@@H]1CCCN1C(=O)C(NC(=O)c1ccc(C(=O)NCC(=O)O)cc1)C(C)C)B1OC(C)(C)C(C)(C)O1. The Hall–Kier alpha value is -3.45. The molecule has 1 aromatic rings. The zero-order chi connectivity index (χ0) is 32.3. The summed E-state index contributed by atoms with van der Waals surface area (Å²) in [5.74, 6) is -3.59. The summed E-state index contributed by atoms with van der Waals surface area (Å²) in [6, 6.07) is 4.09. The van der Waals surface area contributed by atoms with Gasteiger partial charge in [0.05, 0.1) is 17.1 Å². The lowest BCUT2D eigenvalue weighted by Gasteiger charge is -2.32. The summed E-state index contributed by atoms with van der Waals surface area (Å²) in [6.45, 7) is 15.3. The van der Waals surface area contributed by atoms with Gasteiger partial charge in [0.15, 0.2) is 0 Å². The summed E-state index contributed by atoms with van der Waals surface area (Å²) in [5.41, 5.74) is -0.687. The number of likely N-dealkylation sites (tertiary alicyclic amines) is 1. The Morgan fingerprint density at radius 2 is 1.44 bits per heavy atom. The molecule has 13 heteroatoms. The molecule has 1 aromatic carbocycles. The van der Waals surface area contributed by atoms with Gasteiger partial charge in [0.2, 0.25) is 11.8 Å². The number of carbonyl (C=O) groups is 5. The van der Waals surface area contributed by atoms with Crippen molar-refractivity contribution in [1.29, 1.82) is 0 Å². The van der Waals surface area contributed by atoms with Crippen molar-refractivity contribution in [3.8, 4) is 0 Å². The van der Waals surface area contributed by atoms with Gasteiger partial charge in [-0.3, -0.25) is 24.0 Å². The van der Waals surface area contributed by atoms with Crippen LogP contribution in [0.15, 0.2) is 24.3 Å². The van der Waals surface area contributed by atoms with Crippen LogP contribution in [-0.4, -0.2) is 89.0 Å². The molecule has 2 unspecified atom stereocenters. The highest BCUT2D eigenvalue weighted by Crippen LogP contribution is 2.38. The normalized spacial score (nSPS) is 20.6. The van der Waals surface area contributed by atoms with Gasteiger partial charge in [0.25, 0.3) is 11.8 Å². The molecule has 2 aliphatic heterocycles. The highest BCUT2D eigenvalue weighted by Gasteiger charge is 2.55. The predicted octanol–water partition coefficient (Wildman–Crippen LogP) is 2.02. The fourth-order valence-corrected chi connectivity index (χ4v) is 5.10. The molecule has 12 nitrogen and oxygen atoms in total. The lowest BCUT2D eigenvalue weighted by molar-refractivity contribution is -0.140. The number of hydrogen-bond donors (Lipinski definition) is 4. The minimum atomic E-state index is -1.17. The number of amides is 4. The third-order valence-electron chi connectivity index (χ3n) is 8.46. The molecule has 2 heterocycles. The van der Waals surface area contributed by atoms with Gasteiger partial charge in [-0.15, -0.1) is 0 Å². The van der Waals surface area contributed by atoms with E-state index in [9.17, 15) is 24.0 Å². The van der Waals surface area contributed by atoms with E-state index in [1.54, 1.807) is 0 Å². The molecule has 4 N–H and O–H groups in total. The fraction of sp³-hybridized carbons (Fsp3) is 0.633. The van der Waals surface area contributed by atoms with Gasteiger partial charge in [-0.2, -0.15) is 0 Å². The fourth-order valence-electron chi connectivity index (χ4n) is 5.10. The van der Waals surface area contributed by atoms with E-state index >= 15 is 0 Å². The van der Waals surface area contributed by atoms with Gasteiger partial charge in [-0.25, -0.2) is 0 Å². The Morgan fingerprint density at radius 3 is 1.93 bits per heavy atom. The molecule has 0 bridgehead atoms. The van der Waals surface area contributed by atoms with Gasteiger partial charge >= 0.3 is 13.1 Å². The molecule has 2 fully saturated rings. The first-order chi connectivity index (χ1) is 19.9. The third kappa shape index (κ3) is 7.94. The van der Waals surface area contributed by atoms with E-state index in [1.165, 1.54) is 29.2 Å². The van der Waals surface area contributed by atoms with E-state index in [4.69, 9.17) is 14.4 Å². The van der Waals surface area contributed by atoms with Gasteiger partial charge in [-0.05, 0) is 76.6 Å². The monoisotopic (exact) mass is 600 g/mol. The van der Waals surface area contributed by atoms with Gasteiger partial charge in [0, 0.05) is 17.7 Å². The van der Waals surface area contributed by atoms with Crippen molar-refractivity contribution in [2.75, 3.05) is 13.1 Å². The van der Waals surface area contributed by atoms with Crippen molar-refractivity contribution in [3.05, 3.63) is 35.4 Å². The molecule has 3 rings (SSSR count). The number of benzene rings is 1. The Labute approximate surface area is 253 Å². The maximum absolute atomic E-state index is 13.8. The van der Waals surface area contributed by atoms with Crippen LogP contribution in [0, 0.1) is 11.8 Å². The van der Waals surface area contributed by atoms with Crippen LogP contribution in [0.2, 0.25) is 0 Å². The Morgan fingerprint density at radius 1 is 0.907 bits per heavy atom. The van der Waals surface area contributed by atoms with Gasteiger partial charge < -0.3 is 35.3 Å². The van der Waals surface area contributed by atoms with Crippen molar-refractivity contribution in [2.45, 2.75) is 97.5 Å². The second kappa shape index (κ2) is 13.5. The average Bonchev–Trinajstić information content (AvgIpc) is 3.49. The molecule has 0 aromatic heterocycles. The summed E-state index contributed by atoms with van der Waals surface area (Å²) in [4.78, 5) is 64.8. The number of carbonyl (C=O) groups excluding carboxylic acids is 4. The van der Waals surface area contributed by atoms with E-state index in [-0.39, 0.29) is 34.8 Å². The molecule has 0 aliphatic carbocycles. The van der Waals surface area contributed by atoms with Crippen molar-refractivity contribution in [2.24, 2.45) is 11.8 Å². The molecule has 0 radical (unpaired) electrons. The van der Waals surface area contributed by atoms with Crippen LogP contribution in [0.5, 0.6) is 0 Å². The van der Waals surface area contributed by atoms with Crippen LogP contribution in [0.1, 0.15) is 88.9 Å². The number of rotatable bonds is 11. The van der Waals surface area contributed by atoms with Crippen LogP contribution < -0.4 is 16.0 Å². The Bertz CT molecular complexity index is 1200. The summed E-state index contributed by atoms with van der Waals surface area (Å²) in [5, 5.41) is 16.9.